The molecule has 2 aliphatic rings. The van der Waals surface area contributed by atoms with Crippen molar-refractivity contribution in [3.05, 3.63) is 35.4 Å². The highest BCUT2D eigenvalue weighted by Gasteiger charge is 2.31. The van der Waals surface area contributed by atoms with Gasteiger partial charge in [0.15, 0.2) is 5.78 Å². The molecule has 0 radical (unpaired) electrons. The number of rotatable bonds is 1. The van der Waals surface area contributed by atoms with Crippen LogP contribution in [0.3, 0.4) is 0 Å². The smallest absolute Gasteiger partial charge is 0.163 e. The number of fused-ring (bicyclic) bond motifs is 1. The number of carbonyl (C=O) groups excluding carboxylic acids is 1. The molecule has 1 unspecified atom stereocenters. The first kappa shape index (κ1) is 10.1. The van der Waals surface area contributed by atoms with Gasteiger partial charge in [0, 0.05) is 12.0 Å². The van der Waals surface area contributed by atoms with Crippen LogP contribution in [0.2, 0.25) is 0 Å². The van der Waals surface area contributed by atoms with Crippen LogP contribution in [0.5, 0.6) is 0 Å². The van der Waals surface area contributed by atoms with E-state index in [1.165, 1.54) is 31.2 Å². The summed E-state index contributed by atoms with van der Waals surface area (Å²) in [4.78, 5) is 12.1. The molecule has 3 rings (SSSR count). The molecule has 0 N–H and O–H groups in total. The summed E-state index contributed by atoms with van der Waals surface area (Å²) >= 11 is 0. The molecule has 0 spiro atoms. The first-order chi connectivity index (χ1) is 7.84. The molecule has 1 heteroatoms. The fourth-order valence-electron chi connectivity index (χ4n) is 3.44. The van der Waals surface area contributed by atoms with E-state index in [9.17, 15) is 4.79 Å². The lowest BCUT2D eigenvalue weighted by molar-refractivity contribution is 0.0927. The molecular weight excluding hydrogens is 196 g/mol. The molecule has 1 aromatic rings. The Morgan fingerprint density at radius 2 is 1.69 bits per heavy atom. The van der Waals surface area contributed by atoms with Crippen LogP contribution < -0.4 is 0 Å². The van der Waals surface area contributed by atoms with E-state index in [0.717, 1.165) is 24.3 Å². The van der Waals surface area contributed by atoms with Crippen LogP contribution in [0.4, 0.5) is 0 Å². The fraction of sp³-hybridized carbons (Fsp3) is 0.533. The summed E-state index contributed by atoms with van der Waals surface area (Å²) in [6, 6.07) is 8.16. The van der Waals surface area contributed by atoms with Crippen LogP contribution >= 0.6 is 0 Å². The van der Waals surface area contributed by atoms with Crippen LogP contribution in [0, 0.1) is 11.8 Å². The van der Waals surface area contributed by atoms with E-state index in [1.807, 2.05) is 12.1 Å². The zero-order valence-electron chi connectivity index (χ0n) is 9.61. The van der Waals surface area contributed by atoms with Gasteiger partial charge in [0.05, 0.1) is 0 Å². The Kier molecular flexibility index (Phi) is 2.55. The molecule has 1 nitrogen and oxygen atoms in total. The van der Waals surface area contributed by atoms with Gasteiger partial charge in [-0.05, 0) is 23.8 Å². The van der Waals surface area contributed by atoms with Gasteiger partial charge < -0.3 is 0 Å². The van der Waals surface area contributed by atoms with E-state index >= 15 is 0 Å². The lowest BCUT2D eigenvalue weighted by Crippen LogP contribution is -2.25. The number of hydrogen-bond donors (Lipinski definition) is 0. The first-order valence-electron chi connectivity index (χ1n) is 6.45. The summed E-state index contributed by atoms with van der Waals surface area (Å²) in [5.74, 6) is 1.82. The highest BCUT2D eigenvalue weighted by Crippen LogP contribution is 2.38. The second-order valence-corrected chi connectivity index (χ2v) is 5.29. The van der Waals surface area contributed by atoms with Gasteiger partial charge in [0.1, 0.15) is 0 Å². The van der Waals surface area contributed by atoms with Crippen LogP contribution in [-0.2, 0) is 6.42 Å². The minimum absolute atomic E-state index is 0.374. The summed E-state index contributed by atoms with van der Waals surface area (Å²) in [6.07, 6.45) is 7.36. The molecule has 0 amide bonds. The standard InChI is InChI=1S/C15H18O/c16-15-10-13(11-5-1-2-6-11)9-12-7-3-4-8-14(12)15/h3-4,7-8,11,13H,1-2,5-6,9-10H2. The predicted octanol–water partition coefficient (Wildman–Crippen LogP) is 3.62. The minimum atomic E-state index is 0.374. The fourth-order valence-corrected chi connectivity index (χ4v) is 3.44. The van der Waals surface area contributed by atoms with E-state index in [4.69, 9.17) is 0 Å². The second-order valence-electron chi connectivity index (χ2n) is 5.29. The molecule has 0 aliphatic heterocycles. The predicted molar refractivity (Wildman–Crippen MR) is 64.5 cm³/mol. The van der Waals surface area contributed by atoms with Crippen molar-refractivity contribution in [2.45, 2.75) is 38.5 Å². The van der Waals surface area contributed by atoms with Crippen molar-refractivity contribution >= 4 is 5.78 Å². The van der Waals surface area contributed by atoms with E-state index in [0.29, 0.717) is 11.7 Å². The number of hydrogen-bond acceptors (Lipinski definition) is 1. The molecule has 84 valence electrons. The average molecular weight is 214 g/mol. The van der Waals surface area contributed by atoms with Crippen molar-refractivity contribution in [2.75, 3.05) is 0 Å². The SMILES string of the molecule is O=C1CC(C2CCCC2)Cc2ccccc21. The van der Waals surface area contributed by atoms with Crippen molar-refractivity contribution in [3.63, 3.8) is 0 Å². The number of Topliss-reactive ketones (excluding diaryl/α,β-unsaturated/α-hetero) is 1. The minimum Gasteiger partial charge on any atom is -0.294 e. The lowest BCUT2D eigenvalue weighted by Gasteiger charge is -2.28. The Hall–Kier alpha value is -1.11. The summed E-state index contributed by atoms with van der Waals surface area (Å²) in [7, 11) is 0. The van der Waals surface area contributed by atoms with E-state index in [1.54, 1.807) is 0 Å². The summed E-state index contributed by atoms with van der Waals surface area (Å²) < 4.78 is 0. The van der Waals surface area contributed by atoms with Gasteiger partial charge >= 0.3 is 0 Å². The Labute approximate surface area is 96.9 Å². The first-order valence-corrected chi connectivity index (χ1v) is 6.45. The number of ketones is 1. The largest absolute Gasteiger partial charge is 0.294 e. The van der Waals surface area contributed by atoms with Gasteiger partial charge in [0.25, 0.3) is 0 Å². The van der Waals surface area contributed by atoms with E-state index in [2.05, 4.69) is 12.1 Å². The molecule has 16 heavy (non-hydrogen) atoms. The highest BCUT2D eigenvalue weighted by atomic mass is 16.1. The van der Waals surface area contributed by atoms with Crippen LogP contribution in [0.15, 0.2) is 24.3 Å². The van der Waals surface area contributed by atoms with Crippen molar-refractivity contribution in [3.8, 4) is 0 Å². The normalized spacial score (nSPS) is 25.8. The summed E-state index contributed by atoms with van der Waals surface area (Å²) in [5.41, 5.74) is 2.27. The topological polar surface area (TPSA) is 17.1 Å². The van der Waals surface area contributed by atoms with Gasteiger partial charge in [-0.25, -0.2) is 0 Å². The summed E-state index contributed by atoms with van der Waals surface area (Å²) in [6.45, 7) is 0. The molecule has 0 heterocycles. The monoisotopic (exact) mass is 214 g/mol. The third-order valence-corrected chi connectivity index (χ3v) is 4.31. The average Bonchev–Trinajstić information content (AvgIpc) is 2.82. The van der Waals surface area contributed by atoms with Gasteiger partial charge in [-0.15, -0.1) is 0 Å². The van der Waals surface area contributed by atoms with Gasteiger partial charge in [-0.2, -0.15) is 0 Å². The van der Waals surface area contributed by atoms with E-state index in [-0.39, 0.29) is 0 Å². The van der Waals surface area contributed by atoms with Gasteiger partial charge in [-0.3, -0.25) is 4.79 Å². The molecule has 1 aromatic carbocycles. The van der Waals surface area contributed by atoms with Crippen LogP contribution in [0.25, 0.3) is 0 Å². The highest BCUT2D eigenvalue weighted by molar-refractivity contribution is 5.98. The zero-order valence-corrected chi connectivity index (χ0v) is 9.61. The van der Waals surface area contributed by atoms with Gasteiger partial charge in [-0.1, -0.05) is 49.9 Å². The molecule has 0 aromatic heterocycles. The number of benzene rings is 1. The Morgan fingerprint density at radius 3 is 2.50 bits per heavy atom. The van der Waals surface area contributed by atoms with Crippen molar-refractivity contribution in [2.24, 2.45) is 11.8 Å². The Morgan fingerprint density at radius 1 is 0.938 bits per heavy atom. The number of carbonyl (C=O) groups is 1. The van der Waals surface area contributed by atoms with Gasteiger partial charge in [0.2, 0.25) is 0 Å². The van der Waals surface area contributed by atoms with Crippen molar-refractivity contribution < 1.29 is 4.79 Å². The molecule has 1 fully saturated rings. The van der Waals surface area contributed by atoms with Crippen LogP contribution in [-0.4, -0.2) is 5.78 Å². The molecule has 2 aliphatic carbocycles. The molecule has 0 bridgehead atoms. The molecule has 0 saturated heterocycles. The molecule has 1 saturated carbocycles. The van der Waals surface area contributed by atoms with Crippen molar-refractivity contribution in [1.29, 1.82) is 0 Å². The molecular formula is C15H18O. The summed E-state index contributed by atoms with van der Waals surface area (Å²) in [5, 5.41) is 0. The maximum absolute atomic E-state index is 12.1. The third-order valence-electron chi connectivity index (χ3n) is 4.31. The maximum atomic E-state index is 12.1. The van der Waals surface area contributed by atoms with Crippen LogP contribution in [0.1, 0.15) is 48.0 Å². The lowest BCUT2D eigenvalue weighted by atomic mass is 9.76. The zero-order chi connectivity index (χ0) is 11.0. The second kappa shape index (κ2) is 4.04. The van der Waals surface area contributed by atoms with E-state index < -0.39 is 0 Å². The molecule has 1 atom stereocenters. The quantitative estimate of drug-likeness (QED) is 0.697. The third kappa shape index (κ3) is 1.68. The Bertz CT molecular complexity index is 402. The maximum Gasteiger partial charge on any atom is 0.163 e. The van der Waals surface area contributed by atoms with Crippen molar-refractivity contribution in [1.82, 2.24) is 0 Å². The Balaban J connectivity index is 1.85.